The quantitative estimate of drug-likeness (QED) is 0.362. The van der Waals surface area contributed by atoms with Gasteiger partial charge in [-0.05, 0) is 48.2 Å². The molecule has 1 aromatic heterocycles. The number of Topliss-reactive ketones (excluding diaryl/α,β-unsaturated/α-hetero) is 1. The zero-order valence-corrected chi connectivity index (χ0v) is 18.0. The second-order valence-corrected chi connectivity index (χ2v) is 8.76. The minimum absolute atomic E-state index is 0.0678. The highest BCUT2D eigenvalue weighted by molar-refractivity contribution is 7.15. The van der Waals surface area contributed by atoms with E-state index in [0.717, 1.165) is 5.56 Å². The summed E-state index contributed by atoms with van der Waals surface area (Å²) >= 11 is 1.19. The molecule has 0 unspecified atom stereocenters. The van der Waals surface area contributed by atoms with Crippen LogP contribution in [0, 0.1) is 12.7 Å². The molecule has 4 rings (SSSR count). The topological polar surface area (TPSA) is 83.4 Å². The van der Waals surface area contributed by atoms with Gasteiger partial charge in [0.2, 0.25) is 5.13 Å². The van der Waals surface area contributed by atoms with Crippen molar-refractivity contribution in [2.75, 3.05) is 4.90 Å². The number of ketones is 1. The Labute approximate surface area is 182 Å². The average Bonchev–Trinajstić information content (AvgIpc) is 3.29. The molecule has 31 heavy (non-hydrogen) atoms. The molecule has 2 heterocycles. The van der Waals surface area contributed by atoms with Crippen molar-refractivity contribution in [1.82, 2.24) is 10.2 Å². The highest BCUT2D eigenvalue weighted by Gasteiger charge is 2.48. The molecular weight excluding hydrogens is 417 g/mol. The second-order valence-electron chi connectivity index (χ2n) is 7.60. The first kappa shape index (κ1) is 20.9. The molecule has 2 aromatic carbocycles. The van der Waals surface area contributed by atoms with E-state index in [1.54, 1.807) is 6.92 Å². The van der Waals surface area contributed by atoms with Gasteiger partial charge in [-0.25, -0.2) is 4.39 Å². The second kappa shape index (κ2) is 8.03. The lowest BCUT2D eigenvalue weighted by molar-refractivity contribution is -0.132. The largest absolute Gasteiger partial charge is 0.507 e. The SMILES string of the molecule is Cc1nnc(N2C(=O)C(=O)C(=C(O)c3ccc(F)cc3)[C@H]2c2ccc(C(C)C)cc2)s1. The number of nitrogens with zero attached hydrogens (tertiary/aromatic N) is 3. The number of carbonyl (C=O) groups is 2. The number of halogens is 1. The molecule has 0 aliphatic carbocycles. The highest BCUT2D eigenvalue weighted by Crippen LogP contribution is 2.43. The van der Waals surface area contributed by atoms with Crippen LogP contribution in [0.4, 0.5) is 9.52 Å². The Balaban J connectivity index is 1.91. The first-order chi connectivity index (χ1) is 14.8. The first-order valence-electron chi connectivity index (χ1n) is 9.75. The van der Waals surface area contributed by atoms with Crippen molar-refractivity contribution < 1.29 is 19.1 Å². The van der Waals surface area contributed by atoms with E-state index in [0.29, 0.717) is 16.5 Å². The Kier molecular flexibility index (Phi) is 5.41. The predicted octanol–water partition coefficient (Wildman–Crippen LogP) is 4.74. The maximum absolute atomic E-state index is 13.4. The molecule has 3 aromatic rings. The van der Waals surface area contributed by atoms with E-state index in [9.17, 15) is 19.1 Å². The first-order valence-corrected chi connectivity index (χ1v) is 10.6. The molecule has 0 radical (unpaired) electrons. The molecule has 1 N–H and O–H groups in total. The average molecular weight is 437 g/mol. The third-order valence-corrected chi connectivity index (χ3v) is 6.04. The van der Waals surface area contributed by atoms with Gasteiger partial charge in [0.05, 0.1) is 11.6 Å². The van der Waals surface area contributed by atoms with E-state index in [1.807, 2.05) is 24.3 Å². The number of aromatic nitrogens is 2. The van der Waals surface area contributed by atoms with E-state index < -0.39 is 23.5 Å². The molecule has 1 fully saturated rings. The standard InChI is InChI=1S/C23H20FN3O3S/c1-12(2)14-4-6-15(7-5-14)19-18(20(28)16-8-10-17(24)11-9-16)21(29)22(30)27(19)23-26-25-13(3)31-23/h4-12,19,28H,1-3H3/t19-/m1/s1. The van der Waals surface area contributed by atoms with Gasteiger partial charge in [0.1, 0.15) is 16.6 Å². The molecule has 1 atom stereocenters. The number of anilines is 1. The Bertz CT molecular complexity index is 1180. The van der Waals surface area contributed by atoms with Crippen molar-refractivity contribution in [3.8, 4) is 0 Å². The third kappa shape index (κ3) is 3.74. The van der Waals surface area contributed by atoms with E-state index in [4.69, 9.17) is 0 Å². The van der Waals surface area contributed by atoms with Crippen molar-refractivity contribution in [3.05, 3.63) is 81.6 Å². The number of hydrogen-bond acceptors (Lipinski definition) is 6. The van der Waals surface area contributed by atoms with Crippen molar-refractivity contribution in [3.63, 3.8) is 0 Å². The number of benzene rings is 2. The van der Waals surface area contributed by atoms with Crippen LogP contribution in [0.3, 0.4) is 0 Å². The van der Waals surface area contributed by atoms with Gasteiger partial charge in [-0.1, -0.05) is 49.4 Å². The maximum Gasteiger partial charge on any atom is 0.301 e. The van der Waals surface area contributed by atoms with Crippen LogP contribution in [0.1, 0.15) is 47.5 Å². The Morgan fingerprint density at radius 3 is 2.26 bits per heavy atom. The summed E-state index contributed by atoms with van der Waals surface area (Å²) in [6.45, 7) is 5.89. The van der Waals surface area contributed by atoms with Crippen LogP contribution < -0.4 is 4.90 Å². The summed E-state index contributed by atoms with van der Waals surface area (Å²) < 4.78 is 13.4. The van der Waals surface area contributed by atoms with Gasteiger partial charge in [-0.15, -0.1) is 10.2 Å². The smallest absolute Gasteiger partial charge is 0.301 e. The predicted molar refractivity (Wildman–Crippen MR) is 116 cm³/mol. The van der Waals surface area contributed by atoms with E-state index in [-0.39, 0.29) is 22.0 Å². The number of hydrogen-bond donors (Lipinski definition) is 1. The van der Waals surface area contributed by atoms with E-state index in [2.05, 4.69) is 24.0 Å². The van der Waals surface area contributed by atoms with Gasteiger partial charge in [0.15, 0.2) is 0 Å². The maximum atomic E-state index is 13.4. The van der Waals surface area contributed by atoms with Gasteiger partial charge in [0, 0.05) is 5.56 Å². The van der Waals surface area contributed by atoms with Crippen LogP contribution in [0.15, 0.2) is 54.1 Å². The number of rotatable bonds is 4. The van der Waals surface area contributed by atoms with Crippen LogP contribution in [-0.2, 0) is 9.59 Å². The monoisotopic (exact) mass is 437 g/mol. The van der Waals surface area contributed by atoms with Crippen molar-refractivity contribution in [2.24, 2.45) is 0 Å². The number of aliphatic hydroxyl groups is 1. The molecule has 6 nitrogen and oxygen atoms in total. The van der Waals surface area contributed by atoms with Gasteiger partial charge in [-0.3, -0.25) is 14.5 Å². The van der Waals surface area contributed by atoms with Gasteiger partial charge >= 0.3 is 5.91 Å². The van der Waals surface area contributed by atoms with Crippen LogP contribution in [0.5, 0.6) is 0 Å². The fourth-order valence-electron chi connectivity index (χ4n) is 3.56. The molecular formula is C23H20FN3O3S. The molecule has 158 valence electrons. The summed E-state index contributed by atoms with van der Waals surface area (Å²) in [6.07, 6.45) is 0. The summed E-state index contributed by atoms with van der Waals surface area (Å²) in [6, 6.07) is 11.8. The Hall–Kier alpha value is -3.39. The molecule has 1 aliphatic rings. The number of aryl methyl sites for hydroxylation is 1. The number of amides is 1. The fourth-order valence-corrected chi connectivity index (χ4v) is 4.27. The number of carbonyl (C=O) groups excluding carboxylic acids is 2. The summed E-state index contributed by atoms with van der Waals surface area (Å²) in [5.74, 6) is -2.14. The summed E-state index contributed by atoms with van der Waals surface area (Å²) in [4.78, 5) is 27.3. The minimum Gasteiger partial charge on any atom is -0.507 e. The normalized spacial score (nSPS) is 18.2. The van der Waals surface area contributed by atoms with E-state index in [1.165, 1.54) is 40.5 Å². The molecule has 0 spiro atoms. The lowest BCUT2D eigenvalue weighted by Crippen LogP contribution is -2.29. The number of aliphatic hydroxyl groups excluding tert-OH is 1. The fraction of sp³-hybridized carbons (Fsp3) is 0.217. The lowest BCUT2D eigenvalue weighted by Gasteiger charge is -2.23. The van der Waals surface area contributed by atoms with Crippen molar-refractivity contribution in [1.29, 1.82) is 0 Å². The Morgan fingerprint density at radius 1 is 1.06 bits per heavy atom. The lowest BCUT2D eigenvalue weighted by atomic mass is 9.93. The molecule has 1 saturated heterocycles. The zero-order valence-electron chi connectivity index (χ0n) is 17.2. The van der Waals surface area contributed by atoms with Crippen molar-refractivity contribution >= 4 is 33.9 Å². The van der Waals surface area contributed by atoms with E-state index >= 15 is 0 Å². The van der Waals surface area contributed by atoms with Gasteiger partial charge < -0.3 is 5.11 Å². The molecule has 1 aliphatic heterocycles. The van der Waals surface area contributed by atoms with Crippen LogP contribution >= 0.6 is 11.3 Å². The van der Waals surface area contributed by atoms with Crippen LogP contribution in [-0.4, -0.2) is 27.0 Å². The zero-order chi connectivity index (χ0) is 22.3. The Morgan fingerprint density at radius 2 is 1.71 bits per heavy atom. The molecule has 0 bridgehead atoms. The third-order valence-electron chi connectivity index (χ3n) is 5.20. The van der Waals surface area contributed by atoms with Gasteiger partial charge in [0.25, 0.3) is 5.78 Å². The highest BCUT2D eigenvalue weighted by atomic mass is 32.1. The van der Waals surface area contributed by atoms with Crippen LogP contribution in [0.25, 0.3) is 5.76 Å². The van der Waals surface area contributed by atoms with Gasteiger partial charge in [-0.2, -0.15) is 0 Å². The molecule has 0 saturated carbocycles. The van der Waals surface area contributed by atoms with Crippen LogP contribution in [0.2, 0.25) is 0 Å². The van der Waals surface area contributed by atoms with Crippen molar-refractivity contribution in [2.45, 2.75) is 32.7 Å². The molecule has 8 heteroatoms. The summed E-state index contributed by atoms with van der Waals surface area (Å²) in [5.41, 5.74) is 1.93. The summed E-state index contributed by atoms with van der Waals surface area (Å²) in [5, 5.41) is 19.9. The summed E-state index contributed by atoms with van der Waals surface area (Å²) in [7, 11) is 0. The molecule has 1 amide bonds. The minimum atomic E-state index is -0.876.